The number of methoxy groups -OCH3 is 3. The van der Waals surface area contributed by atoms with Gasteiger partial charge in [0.2, 0.25) is 11.7 Å². The van der Waals surface area contributed by atoms with Crippen LogP contribution in [-0.2, 0) is 6.18 Å². The molecule has 0 spiro atoms. The zero-order valence-corrected chi connectivity index (χ0v) is 18.1. The number of rotatable bonds is 9. The summed E-state index contributed by atoms with van der Waals surface area (Å²) in [6.45, 7) is -0.187. The van der Waals surface area contributed by atoms with Crippen molar-refractivity contribution >= 4 is 17.5 Å². The van der Waals surface area contributed by atoms with Gasteiger partial charge in [0.05, 0.1) is 33.0 Å². The molecule has 33 heavy (non-hydrogen) atoms. The molecule has 3 rings (SSSR count). The Hall–Kier alpha value is -3.73. The van der Waals surface area contributed by atoms with Crippen LogP contribution in [0.3, 0.4) is 0 Å². The van der Waals surface area contributed by atoms with Gasteiger partial charge in [0.1, 0.15) is 5.82 Å². The van der Waals surface area contributed by atoms with Gasteiger partial charge >= 0.3 is 6.18 Å². The molecule has 0 saturated heterocycles. The minimum Gasteiger partial charge on any atom is -0.493 e. The lowest BCUT2D eigenvalue weighted by atomic mass is 10.0. The van der Waals surface area contributed by atoms with Crippen molar-refractivity contribution in [1.82, 2.24) is 9.97 Å². The number of aromatic nitrogens is 2. The normalized spacial score (nSPS) is 12.1. The van der Waals surface area contributed by atoms with Crippen LogP contribution >= 0.6 is 0 Å². The molecule has 0 amide bonds. The first kappa shape index (κ1) is 23.9. The fourth-order valence-electron chi connectivity index (χ4n) is 3.16. The average molecular weight is 464 g/mol. The second kappa shape index (κ2) is 10.3. The summed E-state index contributed by atoms with van der Waals surface area (Å²) in [6.07, 6.45) is -4.50. The molecule has 0 aliphatic rings. The van der Waals surface area contributed by atoms with Crippen LogP contribution < -0.4 is 24.8 Å². The van der Waals surface area contributed by atoms with Crippen LogP contribution in [0.5, 0.6) is 17.2 Å². The van der Waals surface area contributed by atoms with Crippen LogP contribution in [-0.4, -0.2) is 42.9 Å². The number of hydrogen-bond donors (Lipinski definition) is 3. The molecule has 0 fully saturated rings. The summed E-state index contributed by atoms with van der Waals surface area (Å²) in [6, 6.07) is 9.76. The molecule has 0 radical (unpaired) electrons. The number of ether oxygens (including phenoxy) is 3. The number of nitrogens with one attached hydrogen (secondary N) is 2. The van der Waals surface area contributed by atoms with Crippen molar-refractivity contribution in [2.75, 3.05) is 38.5 Å². The van der Waals surface area contributed by atoms with E-state index in [1.54, 1.807) is 12.1 Å². The van der Waals surface area contributed by atoms with E-state index in [-0.39, 0.29) is 18.1 Å². The number of halogens is 3. The van der Waals surface area contributed by atoms with E-state index in [0.717, 1.165) is 6.07 Å². The van der Waals surface area contributed by atoms with Crippen molar-refractivity contribution in [1.29, 1.82) is 0 Å². The first-order valence-corrected chi connectivity index (χ1v) is 9.75. The Morgan fingerprint density at radius 3 is 2.27 bits per heavy atom. The highest BCUT2D eigenvalue weighted by atomic mass is 19.4. The lowest BCUT2D eigenvalue weighted by molar-refractivity contribution is -0.139. The molecule has 2 aromatic carbocycles. The molecule has 3 N–H and O–H groups in total. The van der Waals surface area contributed by atoms with Crippen molar-refractivity contribution in [2.24, 2.45) is 0 Å². The Morgan fingerprint density at radius 1 is 1.00 bits per heavy atom. The van der Waals surface area contributed by atoms with Gasteiger partial charge in [-0.05, 0) is 17.7 Å². The zero-order chi connectivity index (χ0) is 24.0. The van der Waals surface area contributed by atoms with Gasteiger partial charge in [0.15, 0.2) is 11.5 Å². The van der Waals surface area contributed by atoms with Gasteiger partial charge in [-0.3, -0.25) is 0 Å². The van der Waals surface area contributed by atoms with Crippen LogP contribution in [0.2, 0.25) is 0 Å². The number of benzene rings is 2. The summed E-state index contributed by atoms with van der Waals surface area (Å²) in [5, 5.41) is 16.2. The van der Waals surface area contributed by atoms with Crippen LogP contribution in [0.15, 0.2) is 48.7 Å². The van der Waals surface area contributed by atoms with Gasteiger partial charge in [-0.25, -0.2) is 4.98 Å². The Balaban J connectivity index is 1.74. The average Bonchev–Trinajstić information content (AvgIpc) is 2.81. The van der Waals surface area contributed by atoms with Crippen LogP contribution in [0.25, 0.3) is 0 Å². The van der Waals surface area contributed by atoms with E-state index in [9.17, 15) is 18.3 Å². The molecule has 0 aliphatic heterocycles. The predicted molar refractivity (Wildman–Crippen MR) is 116 cm³/mol. The molecular formula is C22H23F3N4O4. The Labute approximate surface area is 188 Å². The van der Waals surface area contributed by atoms with Crippen molar-refractivity contribution in [3.8, 4) is 17.2 Å². The quantitative estimate of drug-likeness (QED) is 0.429. The maximum absolute atomic E-state index is 13.2. The topological polar surface area (TPSA) is 97.8 Å². The van der Waals surface area contributed by atoms with Crippen molar-refractivity contribution in [2.45, 2.75) is 12.3 Å². The molecule has 1 aromatic heterocycles. The minimum absolute atomic E-state index is 0.187. The number of hydrogen-bond acceptors (Lipinski definition) is 8. The molecule has 1 unspecified atom stereocenters. The summed E-state index contributed by atoms with van der Waals surface area (Å²) < 4.78 is 55.5. The summed E-state index contributed by atoms with van der Waals surface area (Å²) in [7, 11) is 4.47. The highest BCUT2D eigenvalue weighted by Gasteiger charge is 2.34. The zero-order valence-electron chi connectivity index (χ0n) is 18.1. The first-order chi connectivity index (χ1) is 15.8. The van der Waals surface area contributed by atoms with E-state index in [1.807, 2.05) is 0 Å². The Morgan fingerprint density at radius 2 is 1.67 bits per heavy atom. The van der Waals surface area contributed by atoms with Gasteiger partial charge in [-0.1, -0.05) is 18.2 Å². The third-order valence-corrected chi connectivity index (χ3v) is 4.68. The van der Waals surface area contributed by atoms with E-state index in [0.29, 0.717) is 28.8 Å². The Kier molecular flexibility index (Phi) is 7.44. The van der Waals surface area contributed by atoms with Gasteiger partial charge in [0.25, 0.3) is 0 Å². The van der Waals surface area contributed by atoms with Gasteiger partial charge < -0.3 is 30.0 Å². The molecule has 1 atom stereocenters. The molecule has 8 nitrogen and oxygen atoms in total. The summed E-state index contributed by atoms with van der Waals surface area (Å²) in [5.74, 6) is 1.80. The second-order valence-corrected chi connectivity index (χ2v) is 6.79. The molecule has 1 heterocycles. The molecule has 0 aliphatic carbocycles. The maximum Gasteiger partial charge on any atom is 0.416 e. The summed E-state index contributed by atoms with van der Waals surface area (Å²) >= 11 is 0. The molecular weight excluding hydrogens is 441 g/mol. The molecule has 0 bridgehead atoms. The van der Waals surface area contributed by atoms with Crippen molar-refractivity contribution in [3.05, 3.63) is 59.8 Å². The van der Waals surface area contributed by atoms with Crippen molar-refractivity contribution in [3.63, 3.8) is 0 Å². The van der Waals surface area contributed by atoms with Gasteiger partial charge in [-0.2, -0.15) is 18.2 Å². The molecule has 0 saturated carbocycles. The van der Waals surface area contributed by atoms with Crippen molar-refractivity contribution < 1.29 is 32.5 Å². The van der Waals surface area contributed by atoms with E-state index < -0.39 is 17.8 Å². The third-order valence-electron chi connectivity index (χ3n) is 4.68. The highest BCUT2D eigenvalue weighted by Crippen LogP contribution is 2.40. The molecule has 176 valence electrons. The summed E-state index contributed by atoms with van der Waals surface area (Å²) in [5.41, 5.74) is -0.546. The third kappa shape index (κ3) is 5.75. The Bertz CT molecular complexity index is 1070. The number of aliphatic hydroxyl groups is 1. The van der Waals surface area contributed by atoms with E-state index in [1.165, 1.54) is 51.8 Å². The standard InChI is InChI=1S/C22H23F3N4O4/c1-31-17-10-13(11-18(32-2)20(17)33-3)28-21-26-9-8-19(29-21)27-12-16(30)14-6-4-5-7-15(14)22(23,24)25/h4-11,16,30H,12H2,1-3H3,(H2,26,27,28,29). The van der Waals surface area contributed by atoms with Gasteiger partial charge in [-0.15, -0.1) is 0 Å². The van der Waals surface area contributed by atoms with Gasteiger partial charge in [0, 0.05) is 30.6 Å². The molecule has 3 aromatic rings. The fraction of sp³-hybridized carbons (Fsp3) is 0.273. The summed E-state index contributed by atoms with van der Waals surface area (Å²) in [4.78, 5) is 8.41. The fourth-order valence-corrected chi connectivity index (χ4v) is 3.16. The number of alkyl halides is 3. The first-order valence-electron chi connectivity index (χ1n) is 9.75. The lowest BCUT2D eigenvalue weighted by Gasteiger charge is -2.18. The minimum atomic E-state index is -4.57. The number of aliphatic hydroxyl groups excluding tert-OH is 1. The largest absolute Gasteiger partial charge is 0.493 e. The van der Waals surface area contributed by atoms with Crippen LogP contribution in [0.1, 0.15) is 17.2 Å². The van der Waals surface area contributed by atoms with E-state index >= 15 is 0 Å². The van der Waals surface area contributed by atoms with Crippen LogP contribution in [0, 0.1) is 0 Å². The van der Waals surface area contributed by atoms with Crippen LogP contribution in [0.4, 0.5) is 30.6 Å². The number of anilines is 3. The monoisotopic (exact) mass is 464 g/mol. The smallest absolute Gasteiger partial charge is 0.416 e. The second-order valence-electron chi connectivity index (χ2n) is 6.79. The van der Waals surface area contributed by atoms with E-state index in [2.05, 4.69) is 20.6 Å². The lowest BCUT2D eigenvalue weighted by Crippen LogP contribution is -2.18. The molecule has 11 heteroatoms. The van der Waals surface area contributed by atoms with E-state index in [4.69, 9.17) is 14.2 Å². The highest BCUT2D eigenvalue weighted by molar-refractivity contribution is 5.66. The maximum atomic E-state index is 13.2. The predicted octanol–water partition coefficient (Wildman–Crippen LogP) is 4.41. The number of nitrogens with zero attached hydrogens (tertiary/aromatic N) is 2. The SMILES string of the molecule is COc1cc(Nc2nccc(NCC(O)c3ccccc3C(F)(F)F)n2)cc(OC)c1OC.